The van der Waals surface area contributed by atoms with E-state index in [0.717, 1.165) is 19.1 Å². The molecule has 0 fully saturated rings. The fourth-order valence-corrected chi connectivity index (χ4v) is 2.85. The van der Waals surface area contributed by atoms with Crippen molar-refractivity contribution in [1.82, 2.24) is 4.90 Å². The Labute approximate surface area is 149 Å². The number of sulfonamides is 1. The number of amides is 2. The molecule has 0 saturated carbocycles. The third-order valence-corrected chi connectivity index (χ3v) is 3.70. The van der Waals surface area contributed by atoms with E-state index in [1.165, 1.54) is 18.2 Å². The predicted molar refractivity (Wildman–Crippen MR) is 97.2 cm³/mol. The van der Waals surface area contributed by atoms with Gasteiger partial charge in [-0.05, 0) is 25.0 Å². The van der Waals surface area contributed by atoms with Crippen LogP contribution >= 0.6 is 12.4 Å². The molecule has 24 heavy (non-hydrogen) atoms. The number of benzene rings is 1. The molecule has 136 valence electrons. The van der Waals surface area contributed by atoms with Crippen molar-refractivity contribution in [3.8, 4) is 0 Å². The highest BCUT2D eigenvalue weighted by Crippen LogP contribution is 2.24. The van der Waals surface area contributed by atoms with Crippen molar-refractivity contribution in [2.75, 3.05) is 24.1 Å². The van der Waals surface area contributed by atoms with Crippen molar-refractivity contribution in [3.05, 3.63) is 29.3 Å². The molecule has 0 aromatic heterocycles. The van der Waals surface area contributed by atoms with Gasteiger partial charge in [0.2, 0.25) is 10.0 Å². The molecular weight excluding hydrogens is 354 g/mol. The summed E-state index contributed by atoms with van der Waals surface area (Å²) in [6.45, 7) is 4.99. The number of hydrogen-bond donors (Lipinski definition) is 2. The molecule has 1 aromatic rings. The summed E-state index contributed by atoms with van der Waals surface area (Å²) in [5.41, 5.74) is 5.32. The number of anilines is 1. The van der Waals surface area contributed by atoms with E-state index in [4.69, 9.17) is 5.73 Å². The molecule has 1 rings (SSSR count). The van der Waals surface area contributed by atoms with Crippen LogP contribution in [0.2, 0.25) is 0 Å². The van der Waals surface area contributed by atoms with Crippen molar-refractivity contribution < 1.29 is 18.0 Å². The van der Waals surface area contributed by atoms with Gasteiger partial charge < -0.3 is 10.6 Å². The Kier molecular flexibility index (Phi) is 8.77. The van der Waals surface area contributed by atoms with Gasteiger partial charge in [0.15, 0.2) is 0 Å². The van der Waals surface area contributed by atoms with Crippen LogP contribution in [0.5, 0.6) is 0 Å². The fourth-order valence-electron chi connectivity index (χ4n) is 2.26. The summed E-state index contributed by atoms with van der Waals surface area (Å²) in [7, 11) is -3.67. The van der Waals surface area contributed by atoms with E-state index in [2.05, 4.69) is 4.72 Å². The van der Waals surface area contributed by atoms with Gasteiger partial charge in [-0.25, -0.2) is 8.42 Å². The zero-order chi connectivity index (χ0) is 17.6. The van der Waals surface area contributed by atoms with E-state index in [9.17, 15) is 18.0 Å². The number of rotatable bonds is 8. The van der Waals surface area contributed by atoms with Crippen LogP contribution < -0.4 is 10.5 Å². The molecule has 2 amide bonds. The maximum atomic E-state index is 12.7. The summed E-state index contributed by atoms with van der Waals surface area (Å²) in [4.78, 5) is 25.9. The number of carbonyl (C=O) groups is 2. The van der Waals surface area contributed by atoms with Crippen LogP contribution in [0.1, 0.15) is 47.4 Å². The molecule has 0 bridgehead atoms. The SMILES string of the molecule is CCCN(CCC)C(=O)c1cccc(C(N)=O)c1NS(C)(=O)=O.Cl. The van der Waals surface area contributed by atoms with E-state index in [-0.39, 0.29) is 35.1 Å². The molecule has 0 atom stereocenters. The normalized spacial score (nSPS) is 10.6. The van der Waals surface area contributed by atoms with Gasteiger partial charge >= 0.3 is 0 Å². The second kappa shape index (κ2) is 9.48. The number of halogens is 1. The molecule has 0 aliphatic heterocycles. The van der Waals surface area contributed by atoms with Gasteiger partial charge in [0.05, 0.1) is 23.1 Å². The number of primary amides is 1. The van der Waals surface area contributed by atoms with Crippen molar-refractivity contribution >= 4 is 39.9 Å². The van der Waals surface area contributed by atoms with E-state index < -0.39 is 15.9 Å². The van der Waals surface area contributed by atoms with Crippen LogP contribution in [-0.4, -0.2) is 44.5 Å². The number of nitrogens with one attached hydrogen (secondary N) is 1. The standard InChI is InChI=1S/C15H23N3O4S.ClH/c1-4-9-18(10-5-2)15(20)12-8-6-7-11(14(16)19)13(12)17-23(3,21)22;/h6-8,17H,4-5,9-10H2,1-3H3,(H2,16,19);1H. The average molecular weight is 378 g/mol. The topological polar surface area (TPSA) is 110 Å². The molecule has 0 spiro atoms. The minimum Gasteiger partial charge on any atom is -0.366 e. The molecule has 7 nitrogen and oxygen atoms in total. The first kappa shape index (κ1) is 22.2. The van der Waals surface area contributed by atoms with Crippen LogP contribution in [0.4, 0.5) is 5.69 Å². The molecule has 1 aromatic carbocycles. The molecule has 9 heteroatoms. The maximum Gasteiger partial charge on any atom is 0.256 e. The fraction of sp³-hybridized carbons (Fsp3) is 0.467. The summed E-state index contributed by atoms with van der Waals surface area (Å²) < 4.78 is 25.4. The van der Waals surface area contributed by atoms with Gasteiger partial charge in [0, 0.05) is 13.1 Å². The zero-order valence-electron chi connectivity index (χ0n) is 14.0. The third-order valence-electron chi connectivity index (χ3n) is 3.12. The Balaban J connectivity index is 0.00000529. The number of hydrogen-bond acceptors (Lipinski definition) is 4. The lowest BCUT2D eigenvalue weighted by Gasteiger charge is -2.23. The second-order valence-corrected chi connectivity index (χ2v) is 7.01. The van der Waals surface area contributed by atoms with Crippen LogP contribution in [0.25, 0.3) is 0 Å². The molecule has 0 unspecified atom stereocenters. The first-order valence-electron chi connectivity index (χ1n) is 7.41. The Bertz CT molecular complexity index is 686. The predicted octanol–water partition coefficient (Wildman–Crippen LogP) is 1.84. The van der Waals surface area contributed by atoms with E-state index in [0.29, 0.717) is 13.1 Å². The molecular formula is C15H24ClN3O4S. The average Bonchev–Trinajstić information content (AvgIpc) is 2.44. The van der Waals surface area contributed by atoms with E-state index >= 15 is 0 Å². The number of nitrogens with zero attached hydrogens (tertiary/aromatic N) is 1. The minimum atomic E-state index is -3.67. The molecule has 0 aliphatic carbocycles. The number of carbonyl (C=O) groups excluding carboxylic acids is 2. The van der Waals surface area contributed by atoms with E-state index in [1.54, 1.807) is 4.90 Å². The highest BCUT2D eigenvalue weighted by Gasteiger charge is 2.23. The number of nitrogens with two attached hydrogens (primary N) is 1. The van der Waals surface area contributed by atoms with Crippen molar-refractivity contribution in [1.29, 1.82) is 0 Å². The van der Waals surface area contributed by atoms with Gasteiger partial charge in [0.1, 0.15) is 0 Å². The Morgan fingerprint density at radius 1 is 1.12 bits per heavy atom. The lowest BCUT2D eigenvalue weighted by atomic mass is 10.1. The van der Waals surface area contributed by atoms with Gasteiger partial charge in [-0.1, -0.05) is 19.9 Å². The summed E-state index contributed by atoms with van der Waals surface area (Å²) >= 11 is 0. The Hall–Kier alpha value is -1.80. The first-order chi connectivity index (χ1) is 10.7. The molecule has 0 radical (unpaired) electrons. The number of para-hydroxylation sites is 1. The first-order valence-corrected chi connectivity index (χ1v) is 9.30. The zero-order valence-corrected chi connectivity index (χ0v) is 15.7. The quantitative estimate of drug-likeness (QED) is 0.720. The molecule has 0 aliphatic rings. The summed E-state index contributed by atoms with van der Waals surface area (Å²) in [5, 5.41) is 0. The van der Waals surface area contributed by atoms with E-state index in [1.807, 2.05) is 13.8 Å². The lowest BCUT2D eigenvalue weighted by Crippen LogP contribution is -2.33. The highest BCUT2D eigenvalue weighted by atomic mass is 35.5. The summed E-state index contributed by atoms with van der Waals surface area (Å²) in [6, 6.07) is 4.38. The van der Waals surface area contributed by atoms with Gasteiger partial charge in [-0.3, -0.25) is 14.3 Å². The maximum absolute atomic E-state index is 12.7. The van der Waals surface area contributed by atoms with Crippen LogP contribution in [0.15, 0.2) is 18.2 Å². The van der Waals surface area contributed by atoms with Gasteiger partial charge in [-0.2, -0.15) is 0 Å². The van der Waals surface area contributed by atoms with Crippen LogP contribution in [0.3, 0.4) is 0 Å². The molecule has 0 heterocycles. The Morgan fingerprint density at radius 2 is 1.62 bits per heavy atom. The highest BCUT2D eigenvalue weighted by molar-refractivity contribution is 7.92. The minimum absolute atomic E-state index is 0. The van der Waals surface area contributed by atoms with Gasteiger partial charge in [-0.15, -0.1) is 12.4 Å². The van der Waals surface area contributed by atoms with Crippen molar-refractivity contribution in [2.24, 2.45) is 5.73 Å². The largest absolute Gasteiger partial charge is 0.366 e. The Morgan fingerprint density at radius 3 is 2.04 bits per heavy atom. The van der Waals surface area contributed by atoms with Crippen molar-refractivity contribution in [2.45, 2.75) is 26.7 Å². The summed E-state index contributed by atoms with van der Waals surface area (Å²) in [5.74, 6) is -1.13. The van der Waals surface area contributed by atoms with Gasteiger partial charge in [0.25, 0.3) is 11.8 Å². The third kappa shape index (κ3) is 6.01. The van der Waals surface area contributed by atoms with Crippen LogP contribution in [0, 0.1) is 0 Å². The monoisotopic (exact) mass is 377 g/mol. The lowest BCUT2D eigenvalue weighted by molar-refractivity contribution is 0.0756. The smallest absolute Gasteiger partial charge is 0.256 e. The van der Waals surface area contributed by atoms with Crippen molar-refractivity contribution in [3.63, 3.8) is 0 Å². The molecule has 3 N–H and O–H groups in total. The summed E-state index contributed by atoms with van der Waals surface area (Å²) in [6.07, 6.45) is 2.50. The van der Waals surface area contributed by atoms with Crippen LogP contribution in [-0.2, 0) is 10.0 Å². The second-order valence-electron chi connectivity index (χ2n) is 5.26. The molecule has 0 saturated heterocycles.